The van der Waals surface area contributed by atoms with Gasteiger partial charge >= 0.3 is 0 Å². The van der Waals surface area contributed by atoms with E-state index in [0.717, 1.165) is 18.8 Å². The third kappa shape index (κ3) is 2.84. The van der Waals surface area contributed by atoms with Crippen molar-refractivity contribution in [1.29, 1.82) is 0 Å². The maximum atomic E-state index is 4.21. The highest BCUT2D eigenvalue weighted by molar-refractivity contribution is 7.09. The fourth-order valence-electron chi connectivity index (χ4n) is 1.32. The maximum Gasteiger partial charge on any atom is 0.0798 e. The number of aromatic nitrogens is 2. The second-order valence-corrected chi connectivity index (χ2v) is 4.27. The first kappa shape index (κ1) is 10.3. The average Bonchev–Trinajstić information content (AvgIpc) is 2.66. The number of thiazole rings is 1. The van der Waals surface area contributed by atoms with Crippen molar-refractivity contribution in [2.24, 2.45) is 0 Å². The van der Waals surface area contributed by atoms with Crippen LogP contribution in [0.15, 0.2) is 30.0 Å². The lowest BCUT2D eigenvalue weighted by molar-refractivity contribution is 0.695. The van der Waals surface area contributed by atoms with Crippen LogP contribution in [0.25, 0.3) is 0 Å². The Hall–Kier alpha value is -1.26. The molecule has 4 heteroatoms. The summed E-state index contributed by atoms with van der Waals surface area (Å²) < 4.78 is 0. The quantitative estimate of drug-likeness (QED) is 0.856. The number of pyridine rings is 1. The summed E-state index contributed by atoms with van der Waals surface area (Å²) >= 11 is 1.70. The van der Waals surface area contributed by atoms with Crippen molar-refractivity contribution in [2.45, 2.75) is 20.0 Å². The smallest absolute Gasteiger partial charge is 0.0798 e. The number of aryl methyl sites for hydroxylation is 1. The highest BCUT2D eigenvalue weighted by Crippen LogP contribution is 2.11. The zero-order valence-electron chi connectivity index (χ0n) is 8.60. The van der Waals surface area contributed by atoms with Crippen molar-refractivity contribution in [2.75, 3.05) is 0 Å². The van der Waals surface area contributed by atoms with E-state index in [1.54, 1.807) is 17.5 Å². The van der Waals surface area contributed by atoms with Crippen LogP contribution in [0.2, 0.25) is 0 Å². The Morgan fingerprint density at radius 1 is 1.40 bits per heavy atom. The van der Waals surface area contributed by atoms with E-state index in [2.05, 4.69) is 21.4 Å². The zero-order chi connectivity index (χ0) is 10.5. The van der Waals surface area contributed by atoms with Gasteiger partial charge in [0, 0.05) is 30.4 Å². The lowest BCUT2D eigenvalue weighted by Gasteiger charge is -2.02. The fraction of sp³-hybridized carbons (Fsp3) is 0.273. The summed E-state index contributed by atoms with van der Waals surface area (Å²) in [6, 6.07) is 4.02. The van der Waals surface area contributed by atoms with Crippen molar-refractivity contribution < 1.29 is 0 Å². The molecule has 15 heavy (non-hydrogen) atoms. The van der Waals surface area contributed by atoms with Crippen LogP contribution >= 0.6 is 11.3 Å². The van der Waals surface area contributed by atoms with Crippen molar-refractivity contribution in [1.82, 2.24) is 15.3 Å². The topological polar surface area (TPSA) is 37.8 Å². The van der Waals surface area contributed by atoms with E-state index in [1.165, 1.54) is 10.4 Å². The molecule has 2 aromatic rings. The molecule has 2 rings (SSSR count). The number of nitrogens with one attached hydrogen (secondary N) is 1. The van der Waals surface area contributed by atoms with Crippen LogP contribution in [0.5, 0.6) is 0 Å². The molecule has 0 aliphatic rings. The molecule has 2 heterocycles. The lowest BCUT2D eigenvalue weighted by atomic mass is 10.3. The fourth-order valence-corrected chi connectivity index (χ4v) is 2.07. The number of nitrogens with zero attached hydrogens (tertiary/aromatic N) is 2. The molecule has 0 unspecified atom stereocenters. The first-order valence-electron chi connectivity index (χ1n) is 4.85. The number of hydrogen-bond donors (Lipinski definition) is 1. The SMILES string of the molecule is Cc1ncsc1CNCc1cccnc1. The second kappa shape index (κ2) is 5.00. The summed E-state index contributed by atoms with van der Waals surface area (Å²) in [5, 5.41) is 3.38. The molecule has 0 saturated carbocycles. The van der Waals surface area contributed by atoms with Gasteiger partial charge in [-0.2, -0.15) is 0 Å². The summed E-state index contributed by atoms with van der Waals surface area (Å²) in [5.74, 6) is 0. The molecule has 0 amide bonds. The Labute approximate surface area is 93.2 Å². The van der Waals surface area contributed by atoms with Crippen LogP contribution in [0.1, 0.15) is 16.1 Å². The zero-order valence-corrected chi connectivity index (χ0v) is 9.42. The van der Waals surface area contributed by atoms with E-state index < -0.39 is 0 Å². The average molecular weight is 219 g/mol. The van der Waals surface area contributed by atoms with Crippen molar-refractivity contribution in [3.05, 3.63) is 46.2 Å². The van der Waals surface area contributed by atoms with Gasteiger partial charge < -0.3 is 5.32 Å². The van der Waals surface area contributed by atoms with Gasteiger partial charge in [-0.25, -0.2) is 4.98 Å². The van der Waals surface area contributed by atoms with Gasteiger partial charge in [0.05, 0.1) is 11.2 Å². The van der Waals surface area contributed by atoms with Crippen LogP contribution in [0.4, 0.5) is 0 Å². The molecule has 0 aliphatic carbocycles. The minimum Gasteiger partial charge on any atom is -0.308 e. The molecular formula is C11H13N3S. The van der Waals surface area contributed by atoms with Gasteiger partial charge in [-0.1, -0.05) is 6.07 Å². The minimum absolute atomic E-state index is 0.852. The lowest BCUT2D eigenvalue weighted by Crippen LogP contribution is -2.12. The minimum atomic E-state index is 0.852. The van der Waals surface area contributed by atoms with E-state index in [4.69, 9.17) is 0 Å². The van der Waals surface area contributed by atoms with Gasteiger partial charge in [-0.3, -0.25) is 4.98 Å². The Kier molecular flexibility index (Phi) is 3.42. The molecule has 0 aromatic carbocycles. The van der Waals surface area contributed by atoms with Crippen LogP contribution in [0, 0.1) is 6.92 Å². The van der Waals surface area contributed by atoms with Crippen LogP contribution < -0.4 is 5.32 Å². The number of hydrogen-bond acceptors (Lipinski definition) is 4. The predicted octanol–water partition coefficient (Wildman–Crippen LogP) is 2.14. The van der Waals surface area contributed by atoms with Gasteiger partial charge in [-0.15, -0.1) is 11.3 Å². The molecular weight excluding hydrogens is 206 g/mol. The second-order valence-electron chi connectivity index (χ2n) is 3.33. The molecule has 3 nitrogen and oxygen atoms in total. The summed E-state index contributed by atoms with van der Waals surface area (Å²) in [4.78, 5) is 9.58. The summed E-state index contributed by atoms with van der Waals surface area (Å²) in [5.41, 5.74) is 4.22. The van der Waals surface area contributed by atoms with Crippen molar-refractivity contribution >= 4 is 11.3 Å². The molecule has 0 aliphatic heterocycles. The monoisotopic (exact) mass is 219 g/mol. The molecule has 0 atom stereocenters. The van der Waals surface area contributed by atoms with Gasteiger partial charge in [0.15, 0.2) is 0 Å². The van der Waals surface area contributed by atoms with Gasteiger partial charge in [0.2, 0.25) is 0 Å². The van der Waals surface area contributed by atoms with E-state index in [9.17, 15) is 0 Å². The molecule has 2 aromatic heterocycles. The molecule has 78 valence electrons. The molecule has 0 bridgehead atoms. The van der Waals surface area contributed by atoms with E-state index in [0.29, 0.717) is 0 Å². The van der Waals surface area contributed by atoms with E-state index in [1.807, 2.05) is 24.7 Å². The molecule has 0 radical (unpaired) electrons. The third-order valence-electron chi connectivity index (χ3n) is 2.18. The van der Waals surface area contributed by atoms with E-state index >= 15 is 0 Å². The molecule has 1 N–H and O–H groups in total. The Balaban J connectivity index is 1.83. The Morgan fingerprint density at radius 2 is 2.33 bits per heavy atom. The van der Waals surface area contributed by atoms with Crippen LogP contribution in [-0.2, 0) is 13.1 Å². The number of rotatable bonds is 4. The highest BCUT2D eigenvalue weighted by atomic mass is 32.1. The Bertz CT molecular complexity index is 411. The highest BCUT2D eigenvalue weighted by Gasteiger charge is 2.00. The van der Waals surface area contributed by atoms with Gasteiger partial charge in [0.1, 0.15) is 0 Å². The van der Waals surface area contributed by atoms with Crippen molar-refractivity contribution in [3.63, 3.8) is 0 Å². The summed E-state index contributed by atoms with van der Waals surface area (Å²) in [7, 11) is 0. The third-order valence-corrected chi connectivity index (χ3v) is 3.12. The predicted molar refractivity (Wildman–Crippen MR) is 61.6 cm³/mol. The standard InChI is InChI=1S/C11H13N3S/c1-9-11(15-8-14-9)7-13-6-10-3-2-4-12-5-10/h2-5,8,13H,6-7H2,1H3. The van der Waals surface area contributed by atoms with E-state index in [-0.39, 0.29) is 0 Å². The molecule has 0 saturated heterocycles. The van der Waals surface area contributed by atoms with Gasteiger partial charge in [-0.05, 0) is 18.6 Å². The first-order valence-corrected chi connectivity index (χ1v) is 5.73. The van der Waals surface area contributed by atoms with Crippen molar-refractivity contribution in [3.8, 4) is 0 Å². The Morgan fingerprint density at radius 3 is 3.00 bits per heavy atom. The van der Waals surface area contributed by atoms with Crippen LogP contribution in [0.3, 0.4) is 0 Å². The maximum absolute atomic E-state index is 4.21. The molecule has 0 fully saturated rings. The normalized spacial score (nSPS) is 10.5. The van der Waals surface area contributed by atoms with Crippen LogP contribution in [-0.4, -0.2) is 9.97 Å². The van der Waals surface area contributed by atoms with Gasteiger partial charge in [0.25, 0.3) is 0 Å². The first-order chi connectivity index (χ1) is 7.36. The molecule has 0 spiro atoms. The summed E-state index contributed by atoms with van der Waals surface area (Å²) in [6.45, 7) is 3.77. The largest absolute Gasteiger partial charge is 0.308 e. The summed E-state index contributed by atoms with van der Waals surface area (Å²) in [6.07, 6.45) is 3.67.